The zero-order valence-electron chi connectivity index (χ0n) is 10.5. The Bertz CT molecular complexity index is 456. The third kappa shape index (κ3) is 2.50. The van der Waals surface area contributed by atoms with E-state index < -0.39 is 0 Å². The second-order valence-corrected chi connectivity index (χ2v) is 4.45. The number of aryl methyl sites for hydroxylation is 1. The summed E-state index contributed by atoms with van der Waals surface area (Å²) in [6.45, 7) is 2.89. The molecule has 0 N–H and O–H groups in total. The normalized spacial score (nSPS) is 18.8. The van der Waals surface area contributed by atoms with E-state index in [1.807, 2.05) is 6.92 Å². The Morgan fingerprint density at radius 3 is 2.83 bits per heavy atom. The van der Waals surface area contributed by atoms with E-state index in [4.69, 9.17) is 4.74 Å². The number of rotatable bonds is 2. The molecule has 18 heavy (non-hydrogen) atoms. The molecular formula is C13H16N2O3. The van der Waals surface area contributed by atoms with Gasteiger partial charge in [0.15, 0.2) is 0 Å². The van der Waals surface area contributed by atoms with Crippen LogP contribution in [0.15, 0.2) is 18.3 Å². The van der Waals surface area contributed by atoms with Gasteiger partial charge in [0, 0.05) is 25.0 Å². The van der Waals surface area contributed by atoms with E-state index in [1.165, 1.54) is 7.11 Å². The summed E-state index contributed by atoms with van der Waals surface area (Å²) in [4.78, 5) is 29.3. The van der Waals surface area contributed by atoms with Crippen molar-refractivity contribution in [3.05, 3.63) is 29.6 Å². The van der Waals surface area contributed by atoms with Gasteiger partial charge in [-0.2, -0.15) is 0 Å². The van der Waals surface area contributed by atoms with E-state index in [0.717, 1.165) is 5.69 Å². The van der Waals surface area contributed by atoms with Crippen LogP contribution in [-0.4, -0.2) is 42.0 Å². The van der Waals surface area contributed by atoms with Crippen molar-refractivity contribution in [2.45, 2.75) is 13.3 Å². The standard InChI is InChI=1S/C13H16N2O3/c1-9-3-4-10(7-14-9)12(16)15-6-5-11(8-15)13(17)18-2/h3-4,7,11H,5-6,8H2,1-2H3. The number of amides is 1. The maximum Gasteiger partial charge on any atom is 0.310 e. The molecule has 0 radical (unpaired) electrons. The molecular weight excluding hydrogens is 232 g/mol. The van der Waals surface area contributed by atoms with Crippen LogP contribution >= 0.6 is 0 Å². The maximum atomic E-state index is 12.1. The molecule has 1 aromatic heterocycles. The number of hydrogen-bond donors (Lipinski definition) is 0. The number of pyridine rings is 1. The van der Waals surface area contributed by atoms with Gasteiger partial charge < -0.3 is 9.64 Å². The first-order valence-electron chi connectivity index (χ1n) is 5.91. The molecule has 0 aromatic carbocycles. The van der Waals surface area contributed by atoms with Gasteiger partial charge in [-0.1, -0.05) is 0 Å². The highest BCUT2D eigenvalue weighted by Crippen LogP contribution is 2.19. The van der Waals surface area contributed by atoms with Crippen LogP contribution in [0.1, 0.15) is 22.5 Å². The molecule has 1 fully saturated rings. The monoisotopic (exact) mass is 248 g/mol. The minimum Gasteiger partial charge on any atom is -0.469 e. The van der Waals surface area contributed by atoms with E-state index in [0.29, 0.717) is 25.1 Å². The predicted molar refractivity (Wildman–Crippen MR) is 65.0 cm³/mol. The number of methoxy groups -OCH3 is 1. The van der Waals surface area contributed by atoms with Crippen LogP contribution in [0.25, 0.3) is 0 Å². The minimum atomic E-state index is -0.243. The van der Waals surface area contributed by atoms with Gasteiger partial charge in [0.05, 0.1) is 18.6 Å². The molecule has 1 aromatic rings. The Morgan fingerprint density at radius 1 is 1.44 bits per heavy atom. The predicted octanol–water partition coefficient (Wildman–Crippen LogP) is 1.03. The van der Waals surface area contributed by atoms with Crippen molar-refractivity contribution >= 4 is 11.9 Å². The molecule has 0 bridgehead atoms. The summed E-state index contributed by atoms with van der Waals surface area (Å²) in [5, 5.41) is 0. The number of hydrogen-bond acceptors (Lipinski definition) is 4. The van der Waals surface area contributed by atoms with Gasteiger partial charge in [-0.05, 0) is 25.5 Å². The number of ether oxygens (including phenoxy) is 1. The Hall–Kier alpha value is -1.91. The van der Waals surface area contributed by atoms with Crippen LogP contribution in [-0.2, 0) is 9.53 Å². The average Bonchev–Trinajstić information content (AvgIpc) is 2.87. The third-order valence-electron chi connectivity index (χ3n) is 3.17. The summed E-state index contributed by atoms with van der Waals surface area (Å²) in [5.74, 6) is -0.515. The average molecular weight is 248 g/mol. The summed E-state index contributed by atoms with van der Waals surface area (Å²) in [6, 6.07) is 3.57. The maximum absolute atomic E-state index is 12.1. The van der Waals surface area contributed by atoms with Crippen molar-refractivity contribution in [3.63, 3.8) is 0 Å². The largest absolute Gasteiger partial charge is 0.469 e. The molecule has 1 saturated heterocycles. The second-order valence-electron chi connectivity index (χ2n) is 4.45. The highest BCUT2D eigenvalue weighted by molar-refractivity contribution is 5.94. The van der Waals surface area contributed by atoms with Crippen molar-refractivity contribution in [3.8, 4) is 0 Å². The molecule has 1 aliphatic rings. The lowest BCUT2D eigenvalue weighted by atomic mass is 10.1. The Labute approximate surface area is 106 Å². The number of carbonyl (C=O) groups excluding carboxylic acids is 2. The summed E-state index contributed by atoms with van der Waals surface area (Å²) >= 11 is 0. The molecule has 1 amide bonds. The Balaban J connectivity index is 2.03. The SMILES string of the molecule is COC(=O)C1CCN(C(=O)c2ccc(C)nc2)C1. The topological polar surface area (TPSA) is 59.5 Å². The van der Waals surface area contributed by atoms with Crippen LogP contribution in [0.2, 0.25) is 0 Å². The van der Waals surface area contributed by atoms with Crippen LogP contribution < -0.4 is 0 Å². The quantitative estimate of drug-likeness (QED) is 0.733. The van der Waals surface area contributed by atoms with Crippen molar-refractivity contribution in [1.82, 2.24) is 9.88 Å². The van der Waals surface area contributed by atoms with Crippen molar-refractivity contribution in [2.75, 3.05) is 20.2 Å². The fourth-order valence-electron chi connectivity index (χ4n) is 2.08. The van der Waals surface area contributed by atoms with Gasteiger partial charge in [0.25, 0.3) is 5.91 Å². The molecule has 1 aliphatic heterocycles. The van der Waals surface area contributed by atoms with Crippen LogP contribution in [0.4, 0.5) is 0 Å². The van der Waals surface area contributed by atoms with Crippen molar-refractivity contribution < 1.29 is 14.3 Å². The van der Waals surface area contributed by atoms with Crippen molar-refractivity contribution in [1.29, 1.82) is 0 Å². The fraction of sp³-hybridized carbons (Fsp3) is 0.462. The molecule has 0 spiro atoms. The second kappa shape index (κ2) is 5.16. The smallest absolute Gasteiger partial charge is 0.310 e. The highest BCUT2D eigenvalue weighted by Gasteiger charge is 2.32. The van der Waals surface area contributed by atoms with Gasteiger partial charge in [0.2, 0.25) is 0 Å². The number of carbonyl (C=O) groups is 2. The first-order chi connectivity index (χ1) is 8.61. The molecule has 2 rings (SSSR count). The van der Waals surface area contributed by atoms with E-state index in [-0.39, 0.29) is 17.8 Å². The van der Waals surface area contributed by atoms with Crippen LogP contribution in [0.5, 0.6) is 0 Å². The van der Waals surface area contributed by atoms with E-state index in [2.05, 4.69) is 4.98 Å². The highest BCUT2D eigenvalue weighted by atomic mass is 16.5. The van der Waals surface area contributed by atoms with E-state index in [9.17, 15) is 9.59 Å². The number of aromatic nitrogens is 1. The number of esters is 1. The first kappa shape index (κ1) is 12.5. The molecule has 2 heterocycles. The molecule has 1 unspecified atom stereocenters. The molecule has 1 atom stereocenters. The fourth-order valence-corrected chi connectivity index (χ4v) is 2.08. The third-order valence-corrected chi connectivity index (χ3v) is 3.17. The molecule has 0 saturated carbocycles. The van der Waals surface area contributed by atoms with Gasteiger partial charge >= 0.3 is 5.97 Å². The van der Waals surface area contributed by atoms with Gasteiger partial charge in [0.1, 0.15) is 0 Å². The molecule has 5 nitrogen and oxygen atoms in total. The Morgan fingerprint density at radius 2 is 2.22 bits per heavy atom. The Kier molecular flexibility index (Phi) is 3.60. The number of nitrogens with zero attached hydrogens (tertiary/aromatic N) is 2. The summed E-state index contributed by atoms with van der Waals surface area (Å²) in [5.41, 5.74) is 1.44. The minimum absolute atomic E-state index is 0.0751. The molecule has 96 valence electrons. The lowest BCUT2D eigenvalue weighted by molar-refractivity contribution is -0.144. The van der Waals surface area contributed by atoms with Crippen LogP contribution in [0.3, 0.4) is 0 Å². The summed E-state index contributed by atoms with van der Waals surface area (Å²) in [6.07, 6.45) is 2.24. The van der Waals surface area contributed by atoms with Gasteiger partial charge in [-0.25, -0.2) is 0 Å². The van der Waals surface area contributed by atoms with Crippen LogP contribution in [0, 0.1) is 12.8 Å². The zero-order chi connectivity index (χ0) is 13.1. The summed E-state index contributed by atoms with van der Waals surface area (Å²) < 4.78 is 4.69. The van der Waals surface area contributed by atoms with E-state index >= 15 is 0 Å². The van der Waals surface area contributed by atoms with Gasteiger partial charge in [-0.3, -0.25) is 14.6 Å². The van der Waals surface area contributed by atoms with E-state index in [1.54, 1.807) is 23.2 Å². The van der Waals surface area contributed by atoms with Gasteiger partial charge in [-0.15, -0.1) is 0 Å². The zero-order valence-corrected chi connectivity index (χ0v) is 10.5. The summed E-state index contributed by atoms with van der Waals surface area (Å²) in [7, 11) is 1.37. The lowest BCUT2D eigenvalue weighted by Gasteiger charge is -2.15. The number of likely N-dealkylation sites (tertiary alicyclic amines) is 1. The first-order valence-corrected chi connectivity index (χ1v) is 5.91. The molecule has 0 aliphatic carbocycles. The molecule has 5 heteroatoms. The lowest BCUT2D eigenvalue weighted by Crippen LogP contribution is -2.30. The van der Waals surface area contributed by atoms with Crippen molar-refractivity contribution in [2.24, 2.45) is 5.92 Å².